The third kappa shape index (κ3) is 3.18. The lowest BCUT2D eigenvalue weighted by Gasteiger charge is -2.34. The number of anilines is 1. The maximum absolute atomic E-state index is 12.8. The van der Waals surface area contributed by atoms with Gasteiger partial charge in [0.2, 0.25) is 0 Å². The monoisotopic (exact) mass is 325 g/mol. The predicted molar refractivity (Wildman–Crippen MR) is 98.8 cm³/mol. The van der Waals surface area contributed by atoms with E-state index in [9.17, 15) is 4.79 Å². The highest BCUT2D eigenvalue weighted by Crippen LogP contribution is 2.27. The number of rotatable bonds is 3. The maximum Gasteiger partial charge on any atom is 0.253 e. The SMILES string of the molecule is Cc1ccc(C)n1C1CCN(C(=O)c2cccc(N(C)C)c2)CC1. The Labute approximate surface area is 144 Å². The molecule has 1 aliphatic heterocycles. The van der Waals surface area contributed by atoms with Crippen molar-refractivity contribution in [2.24, 2.45) is 0 Å². The fourth-order valence-electron chi connectivity index (χ4n) is 3.68. The molecule has 1 aliphatic rings. The summed E-state index contributed by atoms with van der Waals surface area (Å²) in [5.41, 5.74) is 4.48. The number of aromatic nitrogens is 1. The summed E-state index contributed by atoms with van der Waals surface area (Å²) >= 11 is 0. The van der Waals surface area contributed by atoms with Gasteiger partial charge in [-0.3, -0.25) is 4.79 Å². The van der Waals surface area contributed by atoms with Crippen LogP contribution in [0, 0.1) is 13.8 Å². The van der Waals surface area contributed by atoms with E-state index in [0.29, 0.717) is 6.04 Å². The van der Waals surface area contributed by atoms with Gasteiger partial charge in [-0.25, -0.2) is 0 Å². The molecule has 2 aromatic rings. The van der Waals surface area contributed by atoms with Crippen molar-refractivity contribution < 1.29 is 4.79 Å². The van der Waals surface area contributed by atoms with Crippen molar-refractivity contribution in [3.8, 4) is 0 Å². The Hall–Kier alpha value is -2.23. The zero-order valence-electron chi connectivity index (χ0n) is 15.1. The molecule has 2 heterocycles. The summed E-state index contributed by atoms with van der Waals surface area (Å²) in [6, 6.07) is 12.8. The van der Waals surface area contributed by atoms with Crippen LogP contribution in [-0.2, 0) is 0 Å². The van der Waals surface area contributed by atoms with Crippen molar-refractivity contribution in [1.82, 2.24) is 9.47 Å². The Bertz CT molecular complexity index is 705. The number of benzene rings is 1. The molecule has 0 spiro atoms. The molecule has 0 N–H and O–H groups in total. The summed E-state index contributed by atoms with van der Waals surface area (Å²) in [6.45, 7) is 5.98. The molecule has 1 saturated heterocycles. The summed E-state index contributed by atoms with van der Waals surface area (Å²) in [6.07, 6.45) is 2.05. The van der Waals surface area contributed by atoms with Gasteiger partial charge in [-0.2, -0.15) is 0 Å². The summed E-state index contributed by atoms with van der Waals surface area (Å²) in [4.78, 5) is 16.8. The van der Waals surface area contributed by atoms with Gasteiger partial charge < -0.3 is 14.4 Å². The zero-order valence-corrected chi connectivity index (χ0v) is 15.1. The minimum absolute atomic E-state index is 0.151. The van der Waals surface area contributed by atoms with Crippen LogP contribution in [0.15, 0.2) is 36.4 Å². The van der Waals surface area contributed by atoms with E-state index in [0.717, 1.165) is 37.2 Å². The second-order valence-electron chi connectivity index (χ2n) is 6.95. The summed E-state index contributed by atoms with van der Waals surface area (Å²) in [7, 11) is 3.99. The molecule has 1 amide bonds. The Morgan fingerprint density at radius 1 is 1.04 bits per heavy atom. The Kier molecular flexibility index (Phi) is 4.65. The average Bonchev–Trinajstić information content (AvgIpc) is 2.93. The minimum Gasteiger partial charge on any atom is -0.378 e. The molecule has 0 atom stereocenters. The molecule has 128 valence electrons. The fraction of sp³-hybridized carbons (Fsp3) is 0.450. The van der Waals surface area contributed by atoms with Crippen LogP contribution in [0.3, 0.4) is 0 Å². The van der Waals surface area contributed by atoms with Gasteiger partial charge in [0.05, 0.1) is 0 Å². The number of carbonyl (C=O) groups is 1. The highest BCUT2D eigenvalue weighted by Gasteiger charge is 2.25. The molecule has 0 saturated carbocycles. The Balaban J connectivity index is 1.68. The van der Waals surface area contributed by atoms with E-state index in [1.54, 1.807) is 0 Å². The third-order valence-electron chi connectivity index (χ3n) is 5.05. The lowest BCUT2D eigenvalue weighted by atomic mass is 10.0. The largest absolute Gasteiger partial charge is 0.378 e. The second-order valence-corrected chi connectivity index (χ2v) is 6.95. The number of nitrogens with zero attached hydrogens (tertiary/aromatic N) is 3. The summed E-state index contributed by atoms with van der Waals surface area (Å²) < 4.78 is 2.43. The van der Waals surface area contributed by atoms with Crippen molar-refractivity contribution in [2.45, 2.75) is 32.7 Å². The van der Waals surface area contributed by atoms with Crippen molar-refractivity contribution in [1.29, 1.82) is 0 Å². The van der Waals surface area contributed by atoms with Crippen LogP contribution in [0.2, 0.25) is 0 Å². The van der Waals surface area contributed by atoms with Crippen LogP contribution in [-0.4, -0.2) is 42.6 Å². The second kappa shape index (κ2) is 6.71. The maximum atomic E-state index is 12.8. The van der Waals surface area contributed by atoms with E-state index >= 15 is 0 Å². The van der Waals surface area contributed by atoms with Gasteiger partial charge in [-0.1, -0.05) is 6.07 Å². The lowest BCUT2D eigenvalue weighted by molar-refractivity contribution is 0.0693. The fourth-order valence-corrected chi connectivity index (χ4v) is 3.68. The van der Waals surface area contributed by atoms with E-state index in [1.807, 2.05) is 48.2 Å². The number of hydrogen-bond donors (Lipinski definition) is 0. The average molecular weight is 325 g/mol. The summed E-state index contributed by atoms with van der Waals surface area (Å²) in [5, 5.41) is 0. The molecule has 1 aromatic carbocycles. The number of hydrogen-bond acceptors (Lipinski definition) is 2. The molecule has 0 radical (unpaired) electrons. The van der Waals surface area contributed by atoms with E-state index in [2.05, 4.69) is 30.5 Å². The van der Waals surface area contributed by atoms with E-state index < -0.39 is 0 Å². The number of amides is 1. The molecule has 0 aliphatic carbocycles. The standard InChI is InChI=1S/C20H27N3O/c1-15-8-9-16(2)23(15)18-10-12-22(13-11-18)20(24)17-6-5-7-19(14-17)21(3)4/h5-9,14,18H,10-13H2,1-4H3. The first kappa shape index (κ1) is 16.6. The van der Waals surface area contributed by atoms with Gasteiger partial charge >= 0.3 is 0 Å². The number of likely N-dealkylation sites (tertiary alicyclic amines) is 1. The van der Waals surface area contributed by atoms with Crippen LogP contribution in [0.25, 0.3) is 0 Å². The molecule has 1 fully saturated rings. The van der Waals surface area contributed by atoms with E-state index in [-0.39, 0.29) is 5.91 Å². The Morgan fingerprint density at radius 2 is 1.67 bits per heavy atom. The smallest absolute Gasteiger partial charge is 0.253 e. The van der Waals surface area contributed by atoms with Gasteiger partial charge in [0.1, 0.15) is 0 Å². The van der Waals surface area contributed by atoms with Gasteiger partial charge in [0.25, 0.3) is 5.91 Å². The first-order chi connectivity index (χ1) is 11.5. The number of piperidine rings is 1. The normalized spacial score (nSPS) is 15.6. The molecule has 0 unspecified atom stereocenters. The molecule has 0 bridgehead atoms. The van der Waals surface area contributed by atoms with Crippen molar-refractivity contribution >= 4 is 11.6 Å². The molecule has 4 nitrogen and oxygen atoms in total. The summed E-state index contributed by atoms with van der Waals surface area (Å²) in [5.74, 6) is 0.151. The van der Waals surface area contributed by atoms with Crippen LogP contribution in [0.4, 0.5) is 5.69 Å². The first-order valence-corrected chi connectivity index (χ1v) is 8.68. The zero-order chi connectivity index (χ0) is 17.3. The third-order valence-corrected chi connectivity index (χ3v) is 5.05. The van der Waals surface area contributed by atoms with Gasteiger partial charge in [0.15, 0.2) is 0 Å². The topological polar surface area (TPSA) is 28.5 Å². The molecule has 3 rings (SSSR count). The number of carbonyl (C=O) groups excluding carboxylic acids is 1. The minimum atomic E-state index is 0.151. The van der Waals surface area contributed by atoms with E-state index in [1.165, 1.54) is 11.4 Å². The molecule has 4 heteroatoms. The highest BCUT2D eigenvalue weighted by molar-refractivity contribution is 5.95. The predicted octanol–water partition coefficient (Wildman–Crippen LogP) is 3.65. The highest BCUT2D eigenvalue weighted by atomic mass is 16.2. The van der Waals surface area contributed by atoms with Crippen molar-refractivity contribution in [3.63, 3.8) is 0 Å². The lowest BCUT2D eigenvalue weighted by Crippen LogP contribution is -2.39. The molecule has 24 heavy (non-hydrogen) atoms. The van der Waals surface area contributed by atoms with Crippen molar-refractivity contribution in [2.75, 3.05) is 32.1 Å². The molecule has 1 aromatic heterocycles. The van der Waals surface area contributed by atoms with Crippen LogP contribution < -0.4 is 4.90 Å². The quantitative estimate of drug-likeness (QED) is 0.862. The van der Waals surface area contributed by atoms with Crippen LogP contribution in [0.5, 0.6) is 0 Å². The van der Waals surface area contributed by atoms with Crippen LogP contribution >= 0.6 is 0 Å². The van der Waals surface area contributed by atoms with Crippen LogP contribution in [0.1, 0.15) is 40.6 Å². The number of aryl methyl sites for hydroxylation is 2. The van der Waals surface area contributed by atoms with Gasteiger partial charge in [0, 0.05) is 55.9 Å². The Morgan fingerprint density at radius 3 is 2.25 bits per heavy atom. The van der Waals surface area contributed by atoms with Crippen molar-refractivity contribution in [3.05, 3.63) is 53.3 Å². The first-order valence-electron chi connectivity index (χ1n) is 8.68. The molecular weight excluding hydrogens is 298 g/mol. The van der Waals surface area contributed by atoms with Gasteiger partial charge in [-0.05, 0) is 57.0 Å². The molecular formula is C20H27N3O. The van der Waals surface area contributed by atoms with E-state index in [4.69, 9.17) is 0 Å². The van der Waals surface area contributed by atoms with Gasteiger partial charge in [-0.15, -0.1) is 0 Å².